The smallest absolute Gasteiger partial charge is 0.341 e. The maximum atomic E-state index is 12.7. The van der Waals surface area contributed by atoms with Crippen molar-refractivity contribution in [3.05, 3.63) is 46.8 Å². The Morgan fingerprint density at radius 3 is 2.45 bits per heavy atom. The number of carbonyl (C=O) groups is 1. The Morgan fingerprint density at radius 2 is 1.85 bits per heavy atom. The van der Waals surface area contributed by atoms with Gasteiger partial charge >= 0.3 is 11.0 Å². The summed E-state index contributed by atoms with van der Waals surface area (Å²) in [5.74, 6) is -0.863. The molecule has 11 nitrogen and oxygen atoms in total. The monoisotopic (exact) mass is 486 g/mol. The van der Waals surface area contributed by atoms with E-state index in [2.05, 4.69) is 25.7 Å². The first-order valence-corrected chi connectivity index (χ1v) is 11.6. The van der Waals surface area contributed by atoms with Gasteiger partial charge in [-0.2, -0.15) is 13.4 Å². The highest BCUT2D eigenvalue weighted by atomic mass is 32.2. The standard InChI is InChI=1S/C20H15N5O6S2/c1-10-11(2)32-20(21-10)17-15(19-22-24-25-23-19)7-6-14(18(17)33(28,29)30)12-4-3-5-13(8-12)31-9-16(26)27/h3-8H,9H2,1-2H3,(H-,26,27,28,29,30)/p+1. The maximum Gasteiger partial charge on any atom is 0.341 e. The van der Waals surface area contributed by atoms with Gasteiger partial charge in [-0.15, -0.1) is 10.2 Å². The number of aliphatic imine (C=N–C) groups is 1. The van der Waals surface area contributed by atoms with Gasteiger partial charge in [-0.1, -0.05) is 18.2 Å². The van der Waals surface area contributed by atoms with E-state index in [0.29, 0.717) is 16.3 Å². The molecule has 0 radical (unpaired) electrons. The van der Waals surface area contributed by atoms with E-state index in [1.54, 1.807) is 25.1 Å². The van der Waals surface area contributed by atoms with Gasteiger partial charge in [0.2, 0.25) is 22.0 Å². The van der Waals surface area contributed by atoms with E-state index in [1.165, 1.54) is 29.6 Å². The second kappa shape index (κ2) is 8.69. The fraction of sp³-hybridized carbons (Fsp3) is 0.150. The number of hydrogen-bond acceptors (Lipinski definition) is 9. The van der Waals surface area contributed by atoms with Crippen LogP contribution in [0, 0.1) is 0 Å². The molecule has 2 aromatic carbocycles. The lowest BCUT2D eigenvalue weighted by molar-refractivity contribution is -0.139. The molecule has 0 saturated heterocycles. The van der Waals surface area contributed by atoms with Gasteiger partial charge in [0.25, 0.3) is 10.1 Å². The molecule has 2 aromatic rings. The van der Waals surface area contributed by atoms with Crippen molar-refractivity contribution in [2.45, 2.75) is 18.7 Å². The molecule has 0 aliphatic carbocycles. The third-order valence-electron chi connectivity index (χ3n) is 4.73. The molecule has 33 heavy (non-hydrogen) atoms. The van der Waals surface area contributed by atoms with E-state index in [1.807, 2.05) is 6.92 Å². The molecule has 2 heterocycles. The van der Waals surface area contributed by atoms with Crippen LogP contribution in [0.3, 0.4) is 0 Å². The largest absolute Gasteiger partial charge is 0.482 e. The van der Waals surface area contributed by atoms with Crippen LogP contribution in [0.2, 0.25) is 0 Å². The van der Waals surface area contributed by atoms with Gasteiger partial charge in [0.15, 0.2) is 6.61 Å². The zero-order chi connectivity index (χ0) is 23.8. The molecule has 2 aliphatic heterocycles. The Hall–Kier alpha value is -3.68. The van der Waals surface area contributed by atoms with E-state index in [9.17, 15) is 17.8 Å². The van der Waals surface area contributed by atoms with Crippen LogP contribution in [0.1, 0.15) is 13.8 Å². The summed E-state index contributed by atoms with van der Waals surface area (Å²) >= 11 is 1.25. The summed E-state index contributed by atoms with van der Waals surface area (Å²) in [6.45, 7) is 3.07. The number of rotatable bonds is 5. The lowest BCUT2D eigenvalue weighted by Gasteiger charge is -2.10. The van der Waals surface area contributed by atoms with Crippen molar-refractivity contribution >= 4 is 48.9 Å². The summed E-state index contributed by atoms with van der Waals surface area (Å²) in [6.07, 6.45) is 0. The third kappa shape index (κ3) is 4.60. The van der Waals surface area contributed by atoms with Crippen LogP contribution in [0.25, 0.3) is 22.0 Å². The predicted octanol–water partition coefficient (Wildman–Crippen LogP) is 1.78. The quantitative estimate of drug-likeness (QED) is 0.372. The topological polar surface area (TPSA) is 163 Å². The zero-order valence-electron chi connectivity index (χ0n) is 17.3. The van der Waals surface area contributed by atoms with Gasteiger partial charge in [0.1, 0.15) is 16.4 Å². The number of carboxylic acid groups (broad SMARTS) is 1. The highest BCUT2D eigenvalue weighted by Crippen LogP contribution is 2.28. The summed E-state index contributed by atoms with van der Waals surface area (Å²) < 4.78 is 40.9. The molecular weight excluding hydrogens is 470 g/mol. The molecule has 4 rings (SSSR count). The van der Waals surface area contributed by atoms with Crippen LogP contribution in [-0.2, 0) is 26.3 Å². The van der Waals surface area contributed by atoms with Gasteiger partial charge < -0.3 is 9.84 Å². The molecule has 2 N–H and O–H groups in total. The first kappa shape index (κ1) is 22.5. The van der Waals surface area contributed by atoms with Crippen molar-refractivity contribution in [3.8, 4) is 16.9 Å². The number of carboxylic acids is 1. The van der Waals surface area contributed by atoms with Crippen molar-refractivity contribution < 1.29 is 27.6 Å². The van der Waals surface area contributed by atoms with Gasteiger partial charge in [-0.3, -0.25) is 4.55 Å². The van der Waals surface area contributed by atoms with Gasteiger partial charge in [-0.25, -0.2) is 4.79 Å². The fourth-order valence-electron chi connectivity index (χ4n) is 3.21. The molecule has 0 spiro atoms. The Morgan fingerprint density at radius 1 is 1.12 bits per heavy atom. The number of ether oxygens (including phenoxy) is 1. The summed E-state index contributed by atoms with van der Waals surface area (Å²) in [5.41, 5.74) is 1.24. The molecule has 0 fully saturated rings. The van der Waals surface area contributed by atoms with Crippen molar-refractivity contribution in [1.29, 1.82) is 0 Å². The highest BCUT2D eigenvalue weighted by Gasteiger charge is 2.30. The van der Waals surface area contributed by atoms with Gasteiger partial charge in [0.05, 0.1) is 5.22 Å². The minimum atomic E-state index is -4.78. The van der Waals surface area contributed by atoms with Crippen molar-refractivity contribution in [2.75, 3.05) is 6.61 Å². The molecule has 13 heteroatoms. The molecule has 0 amide bonds. The number of benzene rings is 2. The minimum Gasteiger partial charge on any atom is -0.482 e. The molecule has 0 unspecified atom stereocenters. The van der Waals surface area contributed by atoms with Gasteiger partial charge in [-0.05, 0) is 41.1 Å². The summed E-state index contributed by atoms with van der Waals surface area (Å²) in [4.78, 5) is 15.8. The van der Waals surface area contributed by atoms with Crippen LogP contribution >= 0.6 is 0 Å². The summed E-state index contributed by atoms with van der Waals surface area (Å²) in [6, 6.07) is 9.30. The number of nitrogens with zero attached hydrogens (tertiary/aromatic N) is 5. The Labute approximate surface area is 191 Å². The molecule has 0 bridgehead atoms. The molecule has 0 saturated carbocycles. The lowest BCUT2D eigenvalue weighted by atomic mass is 10.0. The first-order valence-electron chi connectivity index (χ1n) is 9.38. The SMILES string of the molecule is CC1=NC(=c2c(S(=O)(=O)O)c(-c3cccc(OCC(=O)O)c3)ccc2=C2N=NN=N2)[S+]=C1C. The molecule has 2 aliphatic rings. The zero-order valence-corrected chi connectivity index (χ0v) is 18.9. The van der Waals surface area contributed by atoms with Crippen molar-refractivity contribution in [2.24, 2.45) is 25.7 Å². The fourth-order valence-corrected chi connectivity index (χ4v) is 5.18. The average Bonchev–Trinajstić information content (AvgIpc) is 3.41. The second-order valence-electron chi connectivity index (χ2n) is 6.91. The van der Waals surface area contributed by atoms with Crippen LogP contribution < -0.4 is 15.2 Å². The number of aliphatic carboxylic acids is 1. The van der Waals surface area contributed by atoms with Crippen LogP contribution in [0.4, 0.5) is 0 Å². The lowest BCUT2D eigenvalue weighted by Crippen LogP contribution is -2.34. The van der Waals surface area contributed by atoms with Gasteiger partial charge in [0, 0.05) is 17.7 Å². The van der Waals surface area contributed by atoms with Crippen LogP contribution in [0.15, 0.2) is 67.0 Å². The van der Waals surface area contributed by atoms with E-state index in [-0.39, 0.29) is 27.6 Å². The van der Waals surface area contributed by atoms with E-state index in [0.717, 1.165) is 4.86 Å². The number of hydrogen-bond donors (Lipinski definition) is 2. The molecule has 0 atom stereocenters. The van der Waals surface area contributed by atoms with E-state index < -0.39 is 27.6 Å². The average molecular weight is 487 g/mol. The van der Waals surface area contributed by atoms with E-state index in [4.69, 9.17) is 9.84 Å². The van der Waals surface area contributed by atoms with Crippen LogP contribution in [-0.4, -0.2) is 41.2 Å². The Kier molecular flexibility index (Phi) is 5.93. The maximum absolute atomic E-state index is 12.7. The van der Waals surface area contributed by atoms with Crippen LogP contribution in [0.5, 0.6) is 5.75 Å². The predicted molar refractivity (Wildman–Crippen MR) is 122 cm³/mol. The van der Waals surface area contributed by atoms with E-state index >= 15 is 0 Å². The van der Waals surface area contributed by atoms with Crippen molar-refractivity contribution in [1.82, 2.24) is 0 Å². The Balaban J connectivity index is 2.11. The molecule has 168 valence electrons. The van der Waals surface area contributed by atoms with Crippen molar-refractivity contribution in [3.63, 3.8) is 0 Å². The summed E-state index contributed by atoms with van der Waals surface area (Å²) in [7, 11) is -4.78. The Bertz CT molecular complexity index is 1510. The first-order chi connectivity index (χ1) is 15.6. The minimum absolute atomic E-state index is 0.0745. The molecular formula is C20H16N5O6S2+. The second-order valence-corrected chi connectivity index (χ2v) is 9.47. The normalized spacial score (nSPS) is 16.8. The molecule has 0 aromatic heterocycles. The summed E-state index contributed by atoms with van der Waals surface area (Å²) in [5, 5.41) is 24.2. The highest BCUT2D eigenvalue weighted by molar-refractivity contribution is 7.90. The third-order valence-corrected chi connectivity index (χ3v) is 6.76.